The van der Waals surface area contributed by atoms with Gasteiger partial charge in [0.2, 0.25) is 0 Å². The summed E-state index contributed by atoms with van der Waals surface area (Å²) >= 11 is 0. The van der Waals surface area contributed by atoms with Gasteiger partial charge in [0, 0.05) is 22.3 Å². The van der Waals surface area contributed by atoms with E-state index in [9.17, 15) is 19.2 Å². The molecule has 0 atom stereocenters. The van der Waals surface area contributed by atoms with Crippen LogP contribution in [0.1, 0.15) is 53.4 Å². The van der Waals surface area contributed by atoms with Crippen LogP contribution in [0.15, 0.2) is 48.6 Å². The highest BCUT2D eigenvalue weighted by Gasteiger charge is 2.71. The summed E-state index contributed by atoms with van der Waals surface area (Å²) in [6.07, 6.45) is 0.971. The molecule has 0 fully saturated rings. The summed E-state index contributed by atoms with van der Waals surface area (Å²) in [5, 5.41) is 0. The van der Waals surface area contributed by atoms with Crippen molar-refractivity contribution in [3.8, 4) is 0 Å². The number of esters is 4. The molecule has 0 aromatic heterocycles. The van der Waals surface area contributed by atoms with Gasteiger partial charge in [-0.1, -0.05) is 26.3 Å². The Bertz CT molecular complexity index is 2090. The van der Waals surface area contributed by atoms with Crippen molar-refractivity contribution in [2.24, 2.45) is 0 Å². The second-order valence-corrected chi connectivity index (χ2v) is 81.8. The molecule has 0 aliphatic carbocycles. The number of carbonyl (C=O) groups is 4. The molecular weight excluding hydrogens is 1310 g/mol. The Kier molecular flexibility index (Phi) is 33.3. The molecule has 0 amide bonds. The summed E-state index contributed by atoms with van der Waals surface area (Å²) in [5.41, 5.74) is 0.927. The van der Waals surface area contributed by atoms with E-state index in [0.717, 1.165) is 0 Å². The van der Waals surface area contributed by atoms with Gasteiger partial charge < -0.3 is 68.3 Å². The first kappa shape index (κ1) is 84.2. The Morgan fingerprint density at radius 1 is 0.247 bits per heavy atom. The van der Waals surface area contributed by atoms with Crippen LogP contribution in [0.4, 0.5) is 0 Å². The molecule has 0 aromatic carbocycles. The second kappa shape index (κ2) is 33.7. The molecule has 0 aromatic rings. The molecule has 0 N–H and O–H groups in total. The highest BCUT2D eigenvalue weighted by Crippen LogP contribution is 2.42. The average molecular weight is 1430 g/mol. The number of hydrogen-bond acceptors (Lipinski definition) is 20. The fourth-order valence-corrected chi connectivity index (χ4v) is 57.4. The van der Waals surface area contributed by atoms with Gasteiger partial charge in [0.15, 0.2) is 66.5 Å². The number of rotatable bonds is 44. The summed E-state index contributed by atoms with van der Waals surface area (Å²) in [7, 11) is -45.1. The van der Waals surface area contributed by atoms with E-state index < -0.39 is 135 Å². The van der Waals surface area contributed by atoms with E-state index in [2.05, 4.69) is 105 Å². The van der Waals surface area contributed by atoms with Crippen LogP contribution in [0.5, 0.6) is 0 Å². The minimum absolute atomic E-state index is 0.00351. The Morgan fingerprint density at radius 2 is 0.412 bits per heavy atom. The highest BCUT2D eigenvalue weighted by atomic mass is 28.6. The largest absolute Gasteiger partial charge is 0.646 e. The van der Waals surface area contributed by atoms with Gasteiger partial charge in [0.1, 0.15) is 0 Å². The molecule has 20 nitrogen and oxygen atoms in total. The number of hydrogen-bond donors (Lipinski definition) is 0. The van der Waals surface area contributed by atoms with Gasteiger partial charge in [-0.2, -0.15) is 0 Å². The minimum Gasteiger partial charge on any atom is -0.462 e. The van der Waals surface area contributed by atoms with Crippen molar-refractivity contribution in [3.63, 3.8) is 0 Å². The maximum atomic E-state index is 13.1. The van der Waals surface area contributed by atoms with Gasteiger partial charge in [0.25, 0.3) is 0 Å². The van der Waals surface area contributed by atoms with Crippen LogP contribution in [-0.2, 0) is 87.5 Å². The monoisotopic (exact) mass is 1420 g/mol. The van der Waals surface area contributed by atoms with Gasteiger partial charge in [0.05, 0.1) is 26.4 Å². The first-order chi connectivity index (χ1) is 37.8. The van der Waals surface area contributed by atoms with Gasteiger partial charge in [-0.15, -0.1) is 0 Å². The van der Waals surface area contributed by atoms with Crippen molar-refractivity contribution in [1.29, 1.82) is 0 Å². The zero-order valence-corrected chi connectivity index (χ0v) is 71.0. The zero-order valence-electron chi connectivity index (χ0n) is 58.0. The Morgan fingerprint density at radius 3 is 0.588 bits per heavy atom. The van der Waals surface area contributed by atoms with E-state index in [-0.39, 0.29) is 85.7 Å². The lowest BCUT2D eigenvalue weighted by molar-refractivity contribution is -0.139. The smallest absolute Gasteiger partial charge is 0.462 e. The van der Waals surface area contributed by atoms with E-state index in [1.165, 1.54) is 0 Å². The molecule has 33 heteroatoms. The van der Waals surface area contributed by atoms with E-state index in [0.29, 0.717) is 12.8 Å². The maximum Gasteiger partial charge on any atom is 0.646 e. The number of ether oxygens (including phenoxy) is 4. The lowest BCUT2D eigenvalue weighted by Crippen LogP contribution is -2.76. The van der Waals surface area contributed by atoms with E-state index in [1.807, 2.05) is 78.6 Å². The van der Waals surface area contributed by atoms with Crippen LogP contribution < -0.4 is 0 Å². The molecule has 0 unspecified atom stereocenters. The maximum absolute atomic E-state index is 13.1. The van der Waals surface area contributed by atoms with Crippen LogP contribution in [0.25, 0.3) is 0 Å². The normalized spacial score (nSPS) is 14.0. The molecule has 0 radical (unpaired) electrons. The topological polar surface area (TPSA) is 216 Å². The van der Waals surface area contributed by atoms with Gasteiger partial charge >= 0.3 is 68.1 Å². The molecule has 0 aliphatic heterocycles. The predicted molar refractivity (Wildman–Crippen MR) is 369 cm³/mol. The molecule has 496 valence electrons. The quantitative estimate of drug-likeness (QED) is 0.0182. The lowest BCUT2D eigenvalue weighted by atomic mass is 10.4. The summed E-state index contributed by atoms with van der Waals surface area (Å²) in [5.74, 6) is -2.25. The fraction of sp³-hybridized carbons (Fsp3) is 0.769. The van der Waals surface area contributed by atoms with Crippen molar-refractivity contribution < 1.29 is 87.5 Å². The van der Waals surface area contributed by atoms with Crippen LogP contribution in [0.3, 0.4) is 0 Å². The van der Waals surface area contributed by atoms with Crippen LogP contribution in [-0.4, -0.2) is 161 Å². The van der Waals surface area contributed by atoms with E-state index >= 15 is 0 Å². The van der Waals surface area contributed by atoms with E-state index in [4.69, 9.17) is 68.3 Å². The van der Waals surface area contributed by atoms with Crippen LogP contribution >= 0.6 is 0 Å². The molecular formula is C52H116O20Si13. The third-order valence-electron chi connectivity index (χ3n) is 9.83. The summed E-state index contributed by atoms with van der Waals surface area (Å²) in [6.45, 7) is 70.3. The zero-order chi connectivity index (χ0) is 66.9. The molecule has 0 heterocycles. The summed E-state index contributed by atoms with van der Waals surface area (Å²) < 4.78 is 115. The standard InChI is InChI=1S/C52H116O20Si13/c1-45(2)49(53)57-37-33-41-81(61-73(9,10)11,42-34-38-58-50(54)46(3)4)69-82(43-35-39-59-51(55)47(5)6,44-36-40-60-52(56)48(7)8)70-84(65-77(21,22)23,66-78(24,25)26)72-85(67-79(27,28)29,68-80(30,31)32)71-83(62-74(12,13)14,63-75(15,16)17)64-76(18,19)20/h1,3,5,7,33-44H2,2,4,6,8-32H3. The Labute approximate surface area is 528 Å². The molecule has 85 heavy (non-hydrogen) atoms. The van der Waals surface area contributed by atoms with Crippen molar-refractivity contribution in [2.75, 3.05) is 26.4 Å². The SMILES string of the molecule is C=C(C)C(=O)OCCC[Si](CCCOC(=O)C(=C)C)(O[Si](C)(C)C)O[Si](CCCOC(=O)C(=C)C)(CCCOC(=O)C(=C)C)O[Si](O[Si](C)(C)C)(O[Si](C)(C)C)O[Si](O[Si](C)(C)C)(O[Si](C)(C)C)O[Si](O[Si](C)(C)C)(O[Si](C)(C)C)O[Si](C)(C)C. The van der Waals surface area contributed by atoms with Crippen LogP contribution in [0, 0.1) is 0 Å². The van der Waals surface area contributed by atoms with Crippen molar-refractivity contribution in [2.45, 2.75) is 235 Å². The predicted octanol–water partition coefficient (Wildman–Crippen LogP) is 14.1. The van der Waals surface area contributed by atoms with Gasteiger partial charge in [-0.25, -0.2) is 19.2 Å². The average Bonchev–Trinajstić information content (AvgIpc) is 3.21. The van der Waals surface area contributed by atoms with Crippen LogP contribution in [0.2, 0.25) is 181 Å². The van der Waals surface area contributed by atoms with Gasteiger partial charge in [-0.3, -0.25) is 0 Å². The Hall–Kier alpha value is -0.821. The first-order valence-electron chi connectivity index (χ1n) is 29.5. The minimum atomic E-state index is -5.04. The van der Waals surface area contributed by atoms with Crippen molar-refractivity contribution >= 4 is 135 Å². The molecule has 0 aliphatic rings. The lowest BCUT2D eigenvalue weighted by Gasteiger charge is -2.51. The second-order valence-electron chi connectivity index (χ2n) is 29.5. The molecule has 0 bridgehead atoms. The fourth-order valence-electron chi connectivity index (χ4n) is 7.65. The number of carbonyl (C=O) groups excluding carboxylic acids is 4. The van der Waals surface area contributed by atoms with E-state index in [1.54, 1.807) is 27.7 Å². The summed E-state index contributed by atoms with van der Waals surface area (Å²) in [6, 6.07) is 0.761. The van der Waals surface area contributed by atoms with Crippen molar-refractivity contribution in [1.82, 2.24) is 0 Å². The highest BCUT2D eigenvalue weighted by molar-refractivity contribution is 6.97. The Balaban J connectivity index is 10.1. The third kappa shape index (κ3) is 38.6. The molecule has 0 saturated heterocycles. The summed E-state index contributed by atoms with van der Waals surface area (Å²) in [4.78, 5) is 52.1. The molecule has 0 saturated carbocycles. The van der Waals surface area contributed by atoms with Gasteiger partial charge in [-0.05, 0) is 235 Å². The molecule has 0 spiro atoms. The third-order valence-corrected chi connectivity index (χ3v) is 51.8. The molecule has 0 rings (SSSR count). The first-order valence-corrected chi connectivity index (χ1v) is 66.1. The van der Waals surface area contributed by atoms with Crippen molar-refractivity contribution in [3.05, 3.63) is 48.6 Å².